The molecular formula is C19H22N2O4S. The number of ether oxygens (including phenoxy) is 1. The minimum atomic E-state index is -0.0820. The Morgan fingerprint density at radius 1 is 1.31 bits per heavy atom. The number of benzene rings is 1. The fraction of sp³-hybridized carbons (Fsp3) is 0.368. The van der Waals surface area contributed by atoms with Crippen LogP contribution in [0.5, 0.6) is 11.5 Å². The zero-order valence-corrected chi connectivity index (χ0v) is 15.4. The number of rotatable bonds is 5. The quantitative estimate of drug-likeness (QED) is 0.843. The first-order chi connectivity index (χ1) is 12.6. The van der Waals surface area contributed by atoms with Crippen LogP contribution in [0.3, 0.4) is 0 Å². The first kappa shape index (κ1) is 18.3. The smallest absolute Gasteiger partial charge is 0.263 e. The molecule has 26 heavy (non-hydrogen) atoms. The average molecular weight is 374 g/mol. The van der Waals surface area contributed by atoms with E-state index < -0.39 is 0 Å². The summed E-state index contributed by atoms with van der Waals surface area (Å²) in [7, 11) is 1.49. The molecule has 1 fully saturated rings. The second-order valence-electron chi connectivity index (χ2n) is 6.27. The van der Waals surface area contributed by atoms with Crippen molar-refractivity contribution in [3.63, 3.8) is 0 Å². The Labute approximate surface area is 156 Å². The van der Waals surface area contributed by atoms with Gasteiger partial charge in [0.05, 0.1) is 12.0 Å². The van der Waals surface area contributed by atoms with Crippen molar-refractivity contribution in [3.8, 4) is 11.5 Å². The van der Waals surface area contributed by atoms with Gasteiger partial charge in [0.25, 0.3) is 5.91 Å². The maximum Gasteiger partial charge on any atom is 0.263 e. The van der Waals surface area contributed by atoms with Crippen LogP contribution in [0.2, 0.25) is 0 Å². The second kappa shape index (κ2) is 8.23. The van der Waals surface area contributed by atoms with Gasteiger partial charge in [0, 0.05) is 25.6 Å². The van der Waals surface area contributed by atoms with Gasteiger partial charge >= 0.3 is 0 Å². The molecule has 1 aliphatic heterocycles. The molecule has 0 spiro atoms. The van der Waals surface area contributed by atoms with Crippen LogP contribution in [0.4, 0.5) is 0 Å². The van der Waals surface area contributed by atoms with Crippen LogP contribution in [0, 0.1) is 5.92 Å². The molecule has 3 rings (SSSR count). The molecule has 0 radical (unpaired) electrons. The number of hydrogen-bond donors (Lipinski definition) is 2. The number of piperidine rings is 1. The van der Waals surface area contributed by atoms with Gasteiger partial charge < -0.3 is 20.1 Å². The van der Waals surface area contributed by atoms with Crippen molar-refractivity contribution >= 4 is 23.2 Å². The Morgan fingerprint density at radius 3 is 2.73 bits per heavy atom. The van der Waals surface area contributed by atoms with E-state index >= 15 is 0 Å². The van der Waals surface area contributed by atoms with E-state index in [0.29, 0.717) is 38.2 Å². The molecule has 1 aromatic heterocycles. The fourth-order valence-electron chi connectivity index (χ4n) is 3.07. The highest BCUT2D eigenvalue weighted by atomic mass is 32.1. The van der Waals surface area contributed by atoms with Crippen molar-refractivity contribution in [2.24, 2.45) is 5.92 Å². The lowest BCUT2D eigenvalue weighted by atomic mass is 9.95. The van der Waals surface area contributed by atoms with Gasteiger partial charge in [-0.2, -0.15) is 0 Å². The maximum absolute atomic E-state index is 12.4. The van der Waals surface area contributed by atoms with E-state index in [2.05, 4.69) is 5.32 Å². The number of methoxy groups -OCH3 is 1. The molecule has 1 aromatic carbocycles. The first-order valence-electron chi connectivity index (χ1n) is 8.55. The van der Waals surface area contributed by atoms with Crippen LogP contribution in [0.15, 0.2) is 35.7 Å². The molecule has 1 saturated heterocycles. The van der Waals surface area contributed by atoms with Crippen LogP contribution < -0.4 is 10.1 Å². The number of hydrogen-bond acceptors (Lipinski definition) is 5. The highest BCUT2D eigenvalue weighted by Crippen LogP contribution is 2.26. The molecule has 2 N–H and O–H groups in total. The van der Waals surface area contributed by atoms with Crippen molar-refractivity contribution < 1.29 is 19.4 Å². The lowest BCUT2D eigenvalue weighted by molar-refractivity contribution is -0.126. The minimum Gasteiger partial charge on any atom is -0.504 e. The summed E-state index contributed by atoms with van der Waals surface area (Å²) in [5.74, 6) is 0.430. The number of carbonyl (C=O) groups is 2. The Kier molecular flexibility index (Phi) is 5.78. The van der Waals surface area contributed by atoms with E-state index in [1.54, 1.807) is 18.2 Å². The summed E-state index contributed by atoms with van der Waals surface area (Å²) in [5.41, 5.74) is 0.860. The minimum absolute atomic E-state index is 0.000245. The van der Waals surface area contributed by atoms with Gasteiger partial charge in [0.1, 0.15) is 0 Å². The number of amides is 2. The van der Waals surface area contributed by atoms with E-state index in [4.69, 9.17) is 4.74 Å². The van der Waals surface area contributed by atoms with Gasteiger partial charge in [-0.25, -0.2) is 0 Å². The van der Waals surface area contributed by atoms with E-state index in [9.17, 15) is 14.7 Å². The number of thiophene rings is 1. The number of phenolic OH excluding ortho intramolecular Hbond substituents is 1. The number of aromatic hydroxyl groups is 1. The average Bonchev–Trinajstić information content (AvgIpc) is 3.21. The number of likely N-dealkylation sites (tertiary alicyclic amines) is 1. The van der Waals surface area contributed by atoms with Crippen molar-refractivity contribution in [1.82, 2.24) is 10.2 Å². The largest absolute Gasteiger partial charge is 0.504 e. The molecule has 0 saturated carbocycles. The molecule has 0 atom stereocenters. The molecule has 7 heteroatoms. The third-order valence-corrected chi connectivity index (χ3v) is 5.45. The fourth-order valence-corrected chi connectivity index (χ4v) is 3.76. The Morgan fingerprint density at radius 2 is 2.08 bits per heavy atom. The predicted molar refractivity (Wildman–Crippen MR) is 99.5 cm³/mol. The SMILES string of the molecule is COc1cc(CNC(=O)C2CCN(C(=O)c3cccs3)CC2)ccc1O. The van der Waals surface area contributed by atoms with Gasteiger partial charge in [-0.05, 0) is 42.0 Å². The predicted octanol–water partition coefficient (Wildman–Crippen LogP) is 2.63. The number of nitrogens with one attached hydrogen (secondary N) is 1. The van der Waals surface area contributed by atoms with Gasteiger partial charge in [0.2, 0.25) is 5.91 Å². The lowest BCUT2D eigenvalue weighted by Gasteiger charge is -2.31. The summed E-state index contributed by atoms with van der Waals surface area (Å²) in [6, 6.07) is 8.71. The van der Waals surface area contributed by atoms with Gasteiger partial charge in [-0.1, -0.05) is 12.1 Å². The zero-order chi connectivity index (χ0) is 18.5. The highest BCUT2D eigenvalue weighted by molar-refractivity contribution is 7.12. The lowest BCUT2D eigenvalue weighted by Crippen LogP contribution is -2.42. The number of phenols is 1. The van der Waals surface area contributed by atoms with Crippen LogP contribution in [-0.2, 0) is 11.3 Å². The van der Waals surface area contributed by atoms with Gasteiger partial charge in [-0.3, -0.25) is 9.59 Å². The summed E-state index contributed by atoms with van der Waals surface area (Å²) in [6.07, 6.45) is 1.34. The Hall–Kier alpha value is -2.54. The molecule has 2 aromatic rings. The van der Waals surface area contributed by atoms with Crippen LogP contribution in [0.25, 0.3) is 0 Å². The van der Waals surface area contributed by atoms with Crippen molar-refractivity contribution in [1.29, 1.82) is 0 Å². The second-order valence-corrected chi connectivity index (χ2v) is 7.22. The van der Waals surface area contributed by atoms with E-state index in [1.165, 1.54) is 18.4 Å². The Bertz CT molecular complexity index is 768. The Balaban J connectivity index is 1.49. The molecular weight excluding hydrogens is 352 g/mol. The number of carbonyl (C=O) groups excluding carboxylic acids is 2. The normalized spacial score (nSPS) is 14.9. The van der Waals surface area contributed by atoms with E-state index in [0.717, 1.165) is 10.4 Å². The van der Waals surface area contributed by atoms with Crippen LogP contribution in [-0.4, -0.2) is 42.0 Å². The van der Waals surface area contributed by atoms with Crippen LogP contribution in [0.1, 0.15) is 28.1 Å². The summed E-state index contributed by atoms with van der Waals surface area (Å²) in [4.78, 5) is 27.3. The van der Waals surface area contributed by atoms with E-state index in [1.807, 2.05) is 22.4 Å². The van der Waals surface area contributed by atoms with Gasteiger partial charge in [0.15, 0.2) is 11.5 Å². The topological polar surface area (TPSA) is 78.9 Å². The van der Waals surface area contributed by atoms with Gasteiger partial charge in [-0.15, -0.1) is 11.3 Å². The molecule has 1 aliphatic rings. The van der Waals surface area contributed by atoms with Crippen LogP contribution >= 0.6 is 11.3 Å². The summed E-state index contributed by atoms with van der Waals surface area (Å²) >= 11 is 1.44. The van der Waals surface area contributed by atoms with E-state index in [-0.39, 0.29) is 23.5 Å². The molecule has 0 unspecified atom stereocenters. The summed E-state index contributed by atoms with van der Waals surface area (Å²) in [6.45, 7) is 1.58. The molecule has 0 bridgehead atoms. The molecule has 2 heterocycles. The van der Waals surface area contributed by atoms with Crippen molar-refractivity contribution in [2.75, 3.05) is 20.2 Å². The molecule has 138 valence electrons. The first-order valence-corrected chi connectivity index (χ1v) is 9.43. The third kappa shape index (κ3) is 4.16. The standard InChI is InChI=1S/C19H22N2O4S/c1-25-16-11-13(4-5-15(16)22)12-20-18(23)14-6-8-21(9-7-14)19(24)17-3-2-10-26-17/h2-5,10-11,14,22H,6-9,12H2,1H3,(H,20,23). The molecule has 0 aliphatic carbocycles. The number of nitrogens with zero attached hydrogens (tertiary/aromatic N) is 1. The zero-order valence-electron chi connectivity index (χ0n) is 14.6. The monoisotopic (exact) mass is 374 g/mol. The molecule has 6 nitrogen and oxygen atoms in total. The summed E-state index contributed by atoms with van der Waals surface area (Å²) in [5, 5.41) is 14.4. The third-order valence-electron chi connectivity index (χ3n) is 4.60. The van der Waals surface area contributed by atoms with Crippen molar-refractivity contribution in [2.45, 2.75) is 19.4 Å². The highest BCUT2D eigenvalue weighted by Gasteiger charge is 2.28. The summed E-state index contributed by atoms with van der Waals surface area (Å²) < 4.78 is 5.07. The maximum atomic E-state index is 12.4. The molecule has 2 amide bonds. The van der Waals surface area contributed by atoms with Crippen molar-refractivity contribution in [3.05, 3.63) is 46.2 Å².